The van der Waals surface area contributed by atoms with Crippen LogP contribution in [0.3, 0.4) is 0 Å². The van der Waals surface area contributed by atoms with Crippen LogP contribution >= 0.6 is 0 Å². The summed E-state index contributed by atoms with van der Waals surface area (Å²) >= 11 is 0. The average Bonchev–Trinajstić information content (AvgIpc) is 3.00. The van der Waals surface area contributed by atoms with Crippen LogP contribution in [0.25, 0.3) is 11.0 Å². The number of aliphatic hydroxyl groups is 1. The fraction of sp³-hybridized carbons (Fsp3) is 0.429. The standard InChI is InChI=1S/C14H15FN4O2/c1-3-14(7-20)8(2)6-10(21-14)19-5-4-9-11(16)17-13(15)18-12(9)19/h1,4-5,8,10,20H,6-7H2,2H3,(H2,16,17,18)/t8-,10+,14+/m0/s1. The number of aliphatic hydroxyl groups excluding tert-OH is 1. The number of anilines is 1. The van der Waals surface area contributed by atoms with Crippen LogP contribution < -0.4 is 5.73 Å². The lowest BCUT2D eigenvalue weighted by atomic mass is 9.90. The first-order valence-corrected chi connectivity index (χ1v) is 6.56. The third-order valence-electron chi connectivity index (χ3n) is 4.06. The molecule has 6 nitrogen and oxygen atoms in total. The Hall–Kier alpha value is -2.17. The number of hydrogen-bond acceptors (Lipinski definition) is 5. The molecule has 1 fully saturated rings. The number of halogens is 1. The van der Waals surface area contributed by atoms with Gasteiger partial charge < -0.3 is 20.1 Å². The van der Waals surface area contributed by atoms with E-state index in [9.17, 15) is 9.50 Å². The van der Waals surface area contributed by atoms with Crippen molar-refractivity contribution in [3.05, 3.63) is 18.3 Å². The molecule has 2 aromatic rings. The van der Waals surface area contributed by atoms with Crippen LogP contribution in [-0.4, -0.2) is 31.8 Å². The molecule has 1 aliphatic heterocycles. The number of aromatic nitrogens is 3. The maximum Gasteiger partial charge on any atom is 0.312 e. The summed E-state index contributed by atoms with van der Waals surface area (Å²) in [4.78, 5) is 7.27. The molecule has 21 heavy (non-hydrogen) atoms. The van der Waals surface area contributed by atoms with Gasteiger partial charge in [0, 0.05) is 12.1 Å². The van der Waals surface area contributed by atoms with Gasteiger partial charge in [0.1, 0.15) is 12.0 Å². The summed E-state index contributed by atoms with van der Waals surface area (Å²) in [5.41, 5.74) is 5.00. The molecule has 0 aliphatic carbocycles. The fourth-order valence-electron chi connectivity index (χ4n) is 2.75. The third-order valence-corrected chi connectivity index (χ3v) is 4.06. The number of rotatable bonds is 2. The Morgan fingerprint density at radius 3 is 3.05 bits per heavy atom. The van der Waals surface area contributed by atoms with Gasteiger partial charge in [-0.15, -0.1) is 6.42 Å². The van der Waals surface area contributed by atoms with Gasteiger partial charge in [0.2, 0.25) is 0 Å². The molecule has 0 aromatic carbocycles. The Bertz CT molecular complexity index is 738. The summed E-state index contributed by atoms with van der Waals surface area (Å²) in [7, 11) is 0. The van der Waals surface area contributed by atoms with Gasteiger partial charge in [-0.3, -0.25) is 0 Å². The lowest BCUT2D eigenvalue weighted by Crippen LogP contribution is -2.36. The molecule has 3 rings (SSSR count). The highest BCUT2D eigenvalue weighted by Crippen LogP contribution is 2.41. The molecule has 3 N–H and O–H groups in total. The van der Waals surface area contributed by atoms with Gasteiger partial charge in [-0.2, -0.15) is 14.4 Å². The first-order valence-electron chi connectivity index (χ1n) is 6.56. The maximum absolute atomic E-state index is 13.4. The smallest absolute Gasteiger partial charge is 0.312 e. The number of fused-ring (bicyclic) bond motifs is 1. The van der Waals surface area contributed by atoms with E-state index >= 15 is 0 Å². The molecule has 0 saturated carbocycles. The lowest BCUT2D eigenvalue weighted by Gasteiger charge is -2.24. The molecule has 3 heterocycles. The van der Waals surface area contributed by atoms with E-state index in [2.05, 4.69) is 15.9 Å². The van der Waals surface area contributed by atoms with Crippen molar-refractivity contribution in [2.45, 2.75) is 25.2 Å². The zero-order valence-electron chi connectivity index (χ0n) is 11.5. The van der Waals surface area contributed by atoms with E-state index in [1.54, 1.807) is 16.8 Å². The van der Waals surface area contributed by atoms with Gasteiger partial charge in [0.05, 0.1) is 12.0 Å². The first kappa shape index (κ1) is 13.8. The van der Waals surface area contributed by atoms with E-state index in [1.807, 2.05) is 6.92 Å². The molecule has 0 spiro atoms. The van der Waals surface area contributed by atoms with E-state index < -0.39 is 17.9 Å². The molecule has 0 bridgehead atoms. The Kier molecular flexibility index (Phi) is 3.08. The van der Waals surface area contributed by atoms with Crippen LogP contribution in [0.2, 0.25) is 0 Å². The lowest BCUT2D eigenvalue weighted by molar-refractivity contribution is -0.0715. The van der Waals surface area contributed by atoms with Crippen molar-refractivity contribution in [3.63, 3.8) is 0 Å². The molecule has 3 atom stereocenters. The van der Waals surface area contributed by atoms with E-state index in [0.717, 1.165) is 0 Å². The summed E-state index contributed by atoms with van der Waals surface area (Å²) < 4.78 is 20.9. The van der Waals surface area contributed by atoms with Gasteiger partial charge >= 0.3 is 6.08 Å². The minimum absolute atomic E-state index is 0.0426. The minimum atomic E-state index is -1.03. The van der Waals surface area contributed by atoms with Crippen molar-refractivity contribution in [1.82, 2.24) is 14.5 Å². The summed E-state index contributed by atoms with van der Waals surface area (Å²) in [5, 5.41) is 10.1. The number of nitrogens with two attached hydrogens (primary N) is 1. The monoisotopic (exact) mass is 290 g/mol. The van der Waals surface area contributed by atoms with Crippen molar-refractivity contribution in [3.8, 4) is 12.3 Å². The molecule has 0 radical (unpaired) electrons. The third kappa shape index (κ3) is 1.95. The molecule has 2 aromatic heterocycles. The predicted octanol–water partition coefficient (Wildman–Crippen LogP) is 1.07. The molecular weight excluding hydrogens is 275 g/mol. The summed E-state index contributed by atoms with van der Waals surface area (Å²) in [6.45, 7) is 1.64. The topological polar surface area (TPSA) is 86.2 Å². The summed E-state index contributed by atoms with van der Waals surface area (Å²) in [6, 6.07) is 1.70. The van der Waals surface area contributed by atoms with Crippen LogP contribution in [0.15, 0.2) is 12.3 Å². The Morgan fingerprint density at radius 1 is 1.67 bits per heavy atom. The van der Waals surface area contributed by atoms with Crippen LogP contribution in [0.4, 0.5) is 10.2 Å². The molecule has 1 saturated heterocycles. The highest BCUT2D eigenvalue weighted by atomic mass is 19.1. The quantitative estimate of drug-likeness (QED) is 0.638. The van der Waals surface area contributed by atoms with Gasteiger partial charge in [0.15, 0.2) is 11.2 Å². The van der Waals surface area contributed by atoms with Crippen LogP contribution in [-0.2, 0) is 4.74 Å². The van der Waals surface area contributed by atoms with E-state index in [-0.39, 0.29) is 18.3 Å². The number of terminal acetylenes is 1. The van der Waals surface area contributed by atoms with Gasteiger partial charge in [-0.05, 0) is 12.5 Å². The second-order valence-corrected chi connectivity index (χ2v) is 5.24. The van der Waals surface area contributed by atoms with Crippen molar-refractivity contribution >= 4 is 16.9 Å². The number of ether oxygens (including phenoxy) is 1. The molecule has 1 aliphatic rings. The maximum atomic E-state index is 13.4. The highest BCUT2D eigenvalue weighted by molar-refractivity contribution is 5.86. The van der Waals surface area contributed by atoms with E-state index in [4.69, 9.17) is 16.9 Å². The van der Waals surface area contributed by atoms with E-state index in [1.165, 1.54) is 0 Å². The largest absolute Gasteiger partial charge is 0.392 e. The van der Waals surface area contributed by atoms with E-state index in [0.29, 0.717) is 17.5 Å². The molecule has 110 valence electrons. The Labute approximate surface area is 120 Å². The minimum Gasteiger partial charge on any atom is -0.392 e. The highest BCUT2D eigenvalue weighted by Gasteiger charge is 2.45. The van der Waals surface area contributed by atoms with Crippen LogP contribution in [0, 0.1) is 24.3 Å². The average molecular weight is 290 g/mol. The molecule has 0 unspecified atom stereocenters. The predicted molar refractivity (Wildman–Crippen MR) is 74.5 cm³/mol. The zero-order chi connectivity index (χ0) is 15.2. The first-order chi connectivity index (χ1) is 10.0. The number of nitrogens with zero attached hydrogens (tertiary/aromatic N) is 3. The van der Waals surface area contributed by atoms with Crippen LogP contribution in [0.1, 0.15) is 19.6 Å². The van der Waals surface area contributed by atoms with Crippen molar-refractivity contribution in [2.75, 3.05) is 12.3 Å². The van der Waals surface area contributed by atoms with Crippen molar-refractivity contribution in [2.24, 2.45) is 5.92 Å². The second kappa shape index (κ2) is 4.69. The fourth-order valence-corrected chi connectivity index (χ4v) is 2.75. The Balaban J connectivity index is 2.05. The molecular formula is C14H15FN4O2. The summed E-state index contributed by atoms with van der Waals surface area (Å²) in [5.74, 6) is 2.56. The van der Waals surface area contributed by atoms with Crippen LogP contribution in [0.5, 0.6) is 0 Å². The van der Waals surface area contributed by atoms with Crippen molar-refractivity contribution < 1.29 is 14.2 Å². The summed E-state index contributed by atoms with van der Waals surface area (Å²) in [6.07, 6.45) is 6.46. The van der Waals surface area contributed by atoms with Gasteiger partial charge in [-0.25, -0.2) is 0 Å². The number of nitrogen functional groups attached to an aromatic ring is 1. The normalized spacial score (nSPS) is 28.9. The van der Waals surface area contributed by atoms with Gasteiger partial charge in [-0.1, -0.05) is 12.8 Å². The second-order valence-electron chi connectivity index (χ2n) is 5.24. The SMILES string of the molecule is C#C[C@]1(CO)O[C@@H](n2ccc3c(N)nc(F)nc32)C[C@@H]1C. The van der Waals surface area contributed by atoms with Crippen molar-refractivity contribution in [1.29, 1.82) is 0 Å². The molecule has 7 heteroatoms. The number of hydrogen-bond donors (Lipinski definition) is 2. The van der Waals surface area contributed by atoms with Gasteiger partial charge in [0.25, 0.3) is 0 Å². The zero-order valence-corrected chi connectivity index (χ0v) is 11.5. The molecule has 0 amide bonds. The Morgan fingerprint density at radius 2 is 2.43 bits per heavy atom.